The summed E-state index contributed by atoms with van der Waals surface area (Å²) >= 11 is 0. The molecule has 4 rings (SSSR count). The van der Waals surface area contributed by atoms with Gasteiger partial charge in [-0.25, -0.2) is 0 Å². The molecular weight excluding hydrogens is 360 g/mol. The molecule has 1 atom stereocenters. The molecule has 3 amide bonds. The standard InChI is InChI=1S/C21H18N2O5/c24-11-12-1-3-13(4-2-12)19(26)14-5-6-16-15(9-14)10-23(21(16)28)17-7-8-18(25)22-20(17)27/h1-6,9,17,24H,7-8,10-11H2,(H,22,25,27). The van der Waals surface area contributed by atoms with Crippen molar-refractivity contribution in [3.05, 3.63) is 70.3 Å². The molecule has 2 aromatic carbocycles. The van der Waals surface area contributed by atoms with E-state index >= 15 is 0 Å². The Balaban J connectivity index is 1.57. The van der Waals surface area contributed by atoms with Crippen molar-refractivity contribution in [2.45, 2.75) is 32.0 Å². The number of carbonyl (C=O) groups is 4. The van der Waals surface area contributed by atoms with Crippen LogP contribution in [0.4, 0.5) is 0 Å². The monoisotopic (exact) mass is 378 g/mol. The van der Waals surface area contributed by atoms with Gasteiger partial charge in [-0.2, -0.15) is 0 Å². The number of hydrogen-bond donors (Lipinski definition) is 2. The summed E-state index contributed by atoms with van der Waals surface area (Å²) in [7, 11) is 0. The number of imide groups is 1. The van der Waals surface area contributed by atoms with E-state index in [9.17, 15) is 19.2 Å². The second-order valence-corrected chi connectivity index (χ2v) is 6.96. The SMILES string of the molecule is O=C1CCC(N2Cc3cc(C(=O)c4ccc(CO)cc4)ccc3C2=O)C(=O)N1. The summed E-state index contributed by atoms with van der Waals surface area (Å²) in [5.74, 6) is -1.24. The zero-order valence-electron chi connectivity index (χ0n) is 15.0. The molecule has 0 aromatic heterocycles. The van der Waals surface area contributed by atoms with Crippen molar-refractivity contribution < 1.29 is 24.3 Å². The molecule has 0 saturated carbocycles. The Morgan fingerprint density at radius 1 is 1.07 bits per heavy atom. The van der Waals surface area contributed by atoms with E-state index in [1.54, 1.807) is 42.5 Å². The summed E-state index contributed by atoms with van der Waals surface area (Å²) in [5.41, 5.74) is 2.82. The summed E-state index contributed by atoms with van der Waals surface area (Å²) in [4.78, 5) is 50.3. The number of carbonyl (C=O) groups excluding carboxylic acids is 4. The summed E-state index contributed by atoms with van der Waals surface area (Å²) in [6, 6.07) is 10.9. The molecular formula is C21H18N2O5. The molecule has 28 heavy (non-hydrogen) atoms. The Morgan fingerprint density at radius 2 is 1.79 bits per heavy atom. The van der Waals surface area contributed by atoms with Crippen LogP contribution in [0.2, 0.25) is 0 Å². The van der Waals surface area contributed by atoms with Crippen LogP contribution in [-0.2, 0) is 22.7 Å². The van der Waals surface area contributed by atoms with E-state index in [0.29, 0.717) is 28.7 Å². The molecule has 2 aromatic rings. The Morgan fingerprint density at radius 3 is 2.46 bits per heavy atom. The van der Waals surface area contributed by atoms with Gasteiger partial charge in [0, 0.05) is 29.7 Å². The van der Waals surface area contributed by atoms with E-state index in [0.717, 1.165) is 5.56 Å². The third-order valence-corrected chi connectivity index (χ3v) is 5.18. The maximum atomic E-state index is 12.7. The van der Waals surface area contributed by atoms with Gasteiger partial charge in [0.2, 0.25) is 11.8 Å². The zero-order chi connectivity index (χ0) is 19.8. The lowest BCUT2D eigenvalue weighted by atomic mass is 9.98. The zero-order valence-corrected chi connectivity index (χ0v) is 15.0. The van der Waals surface area contributed by atoms with Crippen LogP contribution in [0.5, 0.6) is 0 Å². The number of fused-ring (bicyclic) bond motifs is 1. The lowest BCUT2D eigenvalue weighted by Crippen LogP contribution is -2.52. The summed E-state index contributed by atoms with van der Waals surface area (Å²) in [5, 5.41) is 11.4. The Labute approximate surface area is 161 Å². The van der Waals surface area contributed by atoms with E-state index in [4.69, 9.17) is 5.11 Å². The number of nitrogens with zero attached hydrogens (tertiary/aromatic N) is 1. The summed E-state index contributed by atoms with van der Waals surface area (Å²) in [6.07, 6.45) is 0.498. The van der Waals surface area contributed by atoms with Gasteiger partial charge in [-0.1, -0.05) is 30.3 Å². The molecule has 7 nitrogen and oxygen atoms in total. The van der Waals surface area contributed by atoms with Crippen molar-refractivity contribution >= 4 is 23.5 Å². The number of piperidine rings is 1. The van der Waals surface area contributed by atoms with Gasteiger partial charge >= 0.3 is 0 Å². The third-order valence-electron chi connectivity index (χ3n) is 5.18. The molecule has 142 valence electrons. The van der Waals surface area contributed by atoms with Crippen LogP contribution in [0.25, 0.3) is 0 Å². The highest BCUT2D eigenvalue weighted by atomic mass is 16.3. The largest absolute Gasteiger partial charge is 0.392 e. The van der Waals surface area contributed by atoms with E-state index in [1.807, 2.05) is 0 Å². The first-order valence-electron chi connectivity index (χ1n) is 9.00. The summed E-state index contributed by atoms with van der Waals surface area (Å²) in [6.45, 7) is 0.136. The molecule has 2 aliphatic rings. The first-order chi connectivity index (χ1) is 13.5. The maximum Gasteiger partial charge on any atom is 0.255 e. The van der Waals surface area contributed by atoms with Gasteiger partial charge < -0.3 is 10.0 Å². The number of rotatable bonds is 4. The minimum Gasteiger partial charge on any atom is -0.392 e. The maximum absolute atomic E-state index is 12.7. The molecule has 2 N–H and O–H groups in total. The lowest BCUT2D eigenvalue weighted by Gasteiger charge is -2.29. The average Bonchev–Trinajstić information content (AvgIpc) is 3.03. The van der Waals surface area contributed by atoms with Gasteiger partial charge in [0.1, 0.15) is 6.04 Å². The van der Waals surface area contributed by atoms with Gasteiger partial charge in [-0.05, 0) is 29.7 Å². The Bertz CT molecular complexity index is 996. The van der Waals surface area contributed by atoms with Crippen molar-refractivity contribution in [1.29, 1.82) is 0 Å². The van der Waals surface area contributed by atoms with Crippen LogP contribution in [0.1, 0.15) is 50.2 Å². The van der Waals surface area contributed by atoms with Crippen LogP contribution in [0, 0.1) is 0 Å². The predicted octanol–water partition coefficient (Wildman–Crippen LogP) is 1.17. The number of benzene rings is 2. The molecule has 1 fully saturated rings. The minimum absolute atomic E-state index is 0.0917. The first-order valence-corrected chi connectivity index (χ1v) is 9.00. The smallest absolute Gasteiger partial charge is 0.255 e. The van der Waals surface area contributed by atoms with Crippen molar-refractivity contribution in [2.24, 2.45) is 0 Å². The fraction of sp³-hybridized carbons (Fsp3) is 0.238. The minimum atomic E-state index is -0.678. The number of amides is 3. The molecule has 0 radical (unpaired) electrons. The van der Waals surface area contributed by atoms with Gasteiger partial charge in [-0.15, -0.1) is 0 Å². The van der Waals surface area contributed by atoms with Gasteiger partial charge in [0.15, 0.2) is 5.78 Å². The quantitative estimate of drug-likeness (QED) is 0.614. The predicted molar refractivity (Wildman–Crippen MR) is 98.3 cm³/mol. The fourth-order valence-electron chi connectivity index (χ4n) is 3.64. The van der Waals surface area contributed by atoms with Crippen LogP contribution in [0.15, 0.2) is 42.5 Å². The molecule has 0 spiro atoms. The highest BCUT2D eigenvalue weighted by Crippen LogP contribution is 2.28. The average molecular weight is 378 g/mol. The van der Waals surface area contributed by atoms with Crippen LogP contribution < -0.4 is 5.32 Å². The van der Waals surface area contributed by atoms with Crippen molar-refractivity contribution in [1.82, 2.24) is 10.2 Å². The van der Waals surface area contributed by atoms with Crippen molar-refractivity contribution in [2.75, 3.05) is 0 Å². The number of nitrogens with one attached hydrogen (secondary N) is 1. The number of ketones is 1. The molecule has 0 aliphatic carbocycles. The Hall–Kier alpha value is -3.32. The number of aliphatic hydroxyl groups excluding tert-OH is 1. The van der Waals surface area contributed by atoms with E-state index < -0.39 is 11.9 Å². The van der Waals surface area contributed by atoms with Crippen LogP contribution in [0.3, 0.4) is 0 Å². The number of hydrogen-bond acceptors (Lipinski definition) is 5. The molecule has 0 bridgehead atoms. The fourth-order valence-corrected chi connectivity index (χ4v) is 3.64. The van der Waals surface area contributed by atoms with Crippen molar-refractivity contribution in [3.63, 3.8) is 0 Å². The molecule has 1 saturated heterocycles. The summed E-state index contributed by atoms with van der Waals surface area (Å²) < 4.78 is 0. The third kappa shape index (κ3) is 3.10. The molecule has 7 heteroatoms. The Kier molecular flexibility index (Phi) is 4.52. The van der Waals surface area contributed by atoms with Gasteiger partial charge in [0.05, 0.1) is 6.61 Å². The number of aliphatic hydroxyl groups is 1. The molecule has 2 aliphatic heterocycles. The second-order valence-electron chi connectivity index (χ2n) is 6.96. The van der Waals surface area contributed by atoms with Gasteiger partial charge in [-0.3, -0.25) is 24.5 Å². The molecule has 2 heterocycles. The second kappa shape index (κ2) is 7.01. The van der Waals surface area contributed by atoms with Gasteiger partial charge in [0.25, 0.3) is 5.91 Å². The van der Waals surface area contributed by atoms with Crippen LogP contribution in [-0.4, -0.2) is 39.6 Å². The topological polar surface area (TPSA) is 104 Å². The van der Waals surface area contributed by atoms with Crippen molar-refractivity contribution in [3.8, 4) is 0 Å². The van der Waals surface area contributed by atoms with E-state index in [-0.39, 0.29) is 37.2 Å². The van der Waals surface area contributed by atoms with E-state index in [2.05, 4.69) is 5.32 Å². The highest BCUT2D eigenvalue weighted by molar-refractivity contribution is 6.10. The highest BCUT2D eigenvalue weighted by Gasteiger charge is 2.39. The van der Waals surface area contributed by atoms with E-state index in [1.165, 1.54) is 4.90 Å². The lowest BCUT2D eigenvalue weighted by molar-refractivity contribution is -0.136. The first kappa shape index (κ1) is 18.1. The van der Waals surface area contributed by atoms with Crippen LogP contribution >= 0.6 is 0 Å². The molecule has 1 unspecified atom stereocenters. The normalized spacial score (nSPS) is 18.8.